The molecule has 6 nitrogen and oxygen atoms in total. The molecule has 1 saturated heterocycles. The van der Waals surface area contributed by atoms with Crippen LogP contribution in [0.15, 0.2) is 47.3 Å². The zero-order chi connectivity index (χ0) is 21.9. The number of benzene rings is 1. The number of hydrogen-bond acceptors (Lipinski definition) is 5. The highest BCUT2D eigenvalue weighted by Gasteiger charge is 2.37. The first kappa shape index (κ1) is 22.2. The van der Waals surface area contributed by atoms with Gasteiger partial charge in [-0.1, -0.05) is 30.3 Å². The van der Waals surface area contributed by atoms with Crippen molar-refractivity contribution in [3.63, 3.8) is 0 Å². The van der Waals surface area contributed by atoms with Crippen LogP contribution in [-0.4, -0.2) is 52.4 Å². The average Bonchev–Trinajstić information content (AvgIpc) is 3.07. The van der Waals surface area contributed by atoms with Crippen LogP contribution in [0.3, 0.4) is 0 Å². The molecule has 0 amide bonds. The van der Waals surface area contributed by atoms with Crippen LogP contribution in [0.5, 0.6) is 0 Å². The van der Waals surface area contributed by atoms with Crippen molar-refractivity contribution in [3.05, 3.63) is 69.6 Å². The van der Waals surface area contributed by atoms with Gasteiger partial charge in [-0.05, 0) is 44.9 Å². The maximum Gasteiger partial charge on any atom is 0.326 e. The van der Waals surface area contributed by atoms with E-state index in [4.69, 9.17) is 4.74 Å². The lowest BCUT2D eigenvalue weighted by molar-refractivity contribution is -0.143. The van der Waals surface area contributed by atoms with Gasteiger partial charge in [-0.15, -0.1) is 0 Å². The monoisotopic (exact) mass is 412 g/mol. The molecule has 6 heteroatoms. The molecule has 2 aromatic rings. The molecule has 0 saturated carbocycles. The molecule has 0 radical (unpaired) electrons. The van der Waals surface area contributed by atoms with Crippen LogP contribution in [0.1, 0.15) is 49.4 Å². The Kier molecular flexibility index (Phi) is 6.78. The number of β-amino-alcohol motifs (C(OH)–C–C–N with tert-alkyl or cyclic N) is 1. The number of aliphatic hydroxyl groups is 1. The normalized spacial score (nSPS) is 19.8. The minimum Gasteiger partial charge on any atom is -0.465 e. The maximum atomic E-state index is 12.8. The van der Waals surface area contributed by atoms with E-state index in [2.05, 4.69) is 17.0 Å². The fourth-order valence-corrected chi connectivity index (χ4v) is 4.44. The zero-order valence-electron chi connectivity index (χ0n) is 18.3. The Balaban J connectivity index is 1.92. The minimum absolute atomic E-state index is 0.0730. The molecule has 0 aliphatic carbocycles. The highest BCUT2D eigenvalue weighted by atomic mass is 16.5. The van der Waals surface area contributed by atoms with E-state index in [1.165, 1.54) is 10.1 Å². The summed E-state index contributed by atoms with van der Waals surface area (Å²) >= 11 is 0. The van der Waals surface area contributed by atoms with Crippen molar-refractivity contribution in [3.8, 4) is 0 Å². The molecule has 1 fully saturated rings. The first-order valence-electron chi connectivity index (χ1n) is 10.5. The van der Waals surface area contributed by atoms with Gasteiger partial charge in [0.05, 0.1) is 12.2 Å². The van der Waals surface area contributed by atoms with E-state index < -0.39 is 11.6 Å². The van der Waals surface area contributed by atoms with Crippen molar-refractivity contribution in [2.24, 2.45) is 0 Å². The van der Waals surface area contributed by atoms with Crippen LogP contribution in [0.25, 0.3) is 0 Å². The number of ether oxygens (including phenoxy) is 1. The van der Waals surface area contributed by atoms with Crippen molar-refractivity contribution in [1.82, 2.24) is 9.47 Å². The van der Waals surface area contributed by atoms with E-state index in [0.717, 1.165) is 24.3 Å². The Morgan fingerprint density at radius 1 is 1.13 bits per heavy atom. The summed E-state index contributed by atoms with van der Waals surface area (Å²) in [4.78, 5) is 26.9. The van der Waals surface area contributed by atoms with Gasteiger partial charge in [0, 0.05) is 43.2 Å². The fraction of sp³-hybridized carbons (Fsp3) is 0.500. The summed E-state index contributed by atoms with van der Waals surface area (Å²) in [5, 5.41) is 10.3. The average molecular weight is 413 g/mol. The van der Waals surface area contributed by atoms with Crippen molar-refractivity contribution < 1.29 is 14.6 Å². The number of nitrogens with zero attached hydrogens (tertiary/aromatic N) is 2. The van der Waals surface area contributed by atoms with Crippen LogP contribution >= 0.6 is 0 Å². The predicted molar refractivity (Wildman–Crippen MR) is 117 cm³/mol. The summed E-state index contributed by atoms with van der Waals surface area (Å²) in [6.07, 6.45) is 0. The molecule has 162 valence electrons. The van der Waals surface area contributed by atoms with Crippen molar-refractivity contribution in [2.75, 3.05) is 26.2 Å². The molecule has 0 bridgehead atoms. The van der Waals surface area contributed by atoms with Gasteiger partial charge in [0.1, 0.15) is 6.54 Å². The van der Waals surface area contributed by atoms with Gasteiger partial charge in [-0.25, -0.2) is 0 Å². The topological polar surface area (TPSA) is 71.8 Å². The lowest BCUT2D eigenvalue weighted by Gasteiger charge is -2.25. The van der Waals surface area contributed by atoms with Crippen molar-refractivity contribution in [2.45, 2.75) is 51.7 Å². The molecular formula is C24H32N2O4. The largest absolute Gasteiger partial charge is 0.465 e. The molecule has 2 heterocycles. The first-order chi connectivity index (χ1) is 14.2. The van der Waals surface area contributed by atoms with E-state index in [-0.39, 0.29) is 23.9 Å². The Labute approximate surface area is 178 Å². The molecular weight excluding hydrogens is 380 g/mol. The maximum absolute atomic E-state index is 12.8. The molecule has 3 rings (SSSR count). The predicted octanol–water partition coefficient (Wildman–Crippen LogP) is 2.67. The zero-order valence-corrected chi connectivity index (χ0v) is 18.3. The summed E-state index contributed by atoms with van der Waals surface area (Å²) < 4.78 is 6.45. The third-order valence-electron chi connectivity index (χ3n) is 5.61. The Morgan fingerprint density at radius 2 is 1.77 bits per heavy atom. The van der Waals surface area contributed by atoms with Crippen LogP contribution < -0.4 is 5.56 Å². The lowest BCUT2D eigenvalue weighted by atomic mass is 9.84. The number of hydrogen-bond donors (Lipinski definition) is 1. The lowest BCUT2D eigenvalue weighted by Crippen LogP contribution is -2.37. The van der Waals surface area contributed by atoms with Crippen LogP contribution in [0.4, 0.5) is 0 Å². The second kappa shape index (κ2) is 9.14. The number of rotatable bonds is 7. The second-order valence-corrected chi connectivity index (χ2v) is 8.79. The van der Waals surface area contributed by atoms with Gasteiger partial charge >= 0.3 is 5.97 Å². The number of pyridine rings is 1. The second-order valence-electron chi connectivity index (χ2n) is 8.79. The number of carbonyl (C=O) groups excluding carboxylic acids is 1. The molecule has 2 atom stereocenters. The Hall–Kier alpha value is -2.44. The smallest absolute Gasteiger partial charge is 0.326 e. The summed E-state index contributed by atoms with van der Waals surface area (Å²) in [6, 6.07) is 14.0. The summed E-state index contributed by atoms with van der Waals surface area (Å²) in [7, 11) is 0. The van der Waals surface area contributed by atoms with Gasteiger partial charge < -0.3 is 14.4 Å². The third-order valence-corrected chi connectivity index (χ3v) is 5.61. The van der Waals surface area contributed by atoms with Crippen LogP contribution in [-0.2, 0) is 16.1 Å². The van der Waals surface area contributed by atoms with Crippen LogP contribution in [0.2, 0.25) is 0 Å². The SMILES string of the molecule is CCOC(=O)Cn1c(C)cc(C2CN(CC(C)(C)O)CC2c2ccccc2)cc1=O. The highest BCUT2D eigenvalue weighted by molar-refractivity contribution is 5.69. The Bertz CT molecular complexity index is 930. The molecule has 1 aliphatic rings. The van der Waals surface area contributed by atoms with E-state index in [1.54, 1.807) is 13.0 Å². The van der Waals surface area contributed by atoms with Gasteiger partial charge in [-0.2, -0.15) is 0 Å². The molecule has 30 heavy (non-hydrogen) atoms. The minimum atomic E-state index is -0.783. The molecule has 1 aromatic carbocycles. The van der Waals surface area contributed by atoms with Gasteiger partial charge in [0.25, 0.3) is 5.56 Å². The quantitative estimate of drug-likeness (QED) is 0.708. The van der Waals surface area contributed by atoms with E-state index in [1.807, 2.05) is 45.0 Å². The number of aryl methyl sites for hydroxylation is 1. The standard InChI is InChI=1S/C24H32N2O4/c1-5-30-23(28)15-26-17(2)11-19(12-22(26)27)21-14-25(16-24(3,4)29)13-20(21)18-9-7-6-8-10-18/h6-12,20-21,29H,5,13-16H2,1-4H3. The summed E-state index contributed by atoms with van der Waals surface area (Å²) in [5.74, 6) is -0.0403. The van der Waals surface area contributed by atoms with Gasteiger partial charge in [-0.3, -0.25) is 14.5 Å². The number of esters is 1. The van der Waals surface area contributed by atoms with Gasteiger partial charge in [0.2, 0.25) is 0 Å². The molecule has 1 aliphatic heterocycles. The van der Waals surface area contributed by atoms with E-state index in [0.29, 0.717) is 13.2 Å². The van der Waals surface area contributed by atoms with Gasteiger partial charge in [0.15, 0.2) is 0 Å². The van der Waals surface area contributed by atoms with E-state index >= 15 is 0 Å². The van der Waals surface area contributed by atoms with E-state index in [9.17, 15) is 14.7 Å². The molecule has 0 spiro atoms. The summed E-state index contributed by atoms with van der Waals surface area (Å²) in [6.45, 7) is 9.63. The Morgan fingerprint density at radius 3 is 2.33 bits per heavy atom. The van der Waals surface area contributed by atoms with Crippen molar-refractivity contribution >= 4 is 5.97 Å². The molecule has 2 unspecified atom stereocenters. The summed E-state index contributed by atoms with van der Waals surface area (Å²) in [5.41, 5.74) is 1.98. The fourth-order valence-electron chi connectivity index (χ4n) is 4.44. The first-order valence-corrected chi connectivity index (χ1v) is 10.5. The number of likely N-dealkylation sites (tertiary alicyclic amines) is 1. The number of aromatic nitrogens is 1. The molecule has 1 N–H and O–H groups in total. The third kappa shape index (κ3) is 5.37. The molecule has 1 aromatic heterocycles. The number of carbonyl (C=O) groups is 1. The van der Waals surface area contributed by atoms with Crippen LogP contribution in [0, 0.1) is 6.92 Å². The highest BCUT2D eigenvalue weighted by Crippen LogP contribution is 2.39. The van der Waals surface area contributed by atoms with Crippen molar-refractivity contribution in [1.29, 1.82) is 0 Å².